The molecule has 0 aliphatic rings. The van der Waals surface area contributed by atoms with Gasteiger partial charge in [-0.05, 0) is 73.2 Å². The van der Waals surface area contributed by atoms with Gasteiger partial charge in [0.2, 0.25) is 5.43 Å². The first-order valence-corrected chi connectivity index (χ1v) is 10.9. The Morgan fingerprint density at radius 1 is 0.933 bits per heavy atom. The predicted molar refractivity (Wildman–Crippen MR) is 127 cm³/mol. The van der Waals surface area contributed by atoms with Gasteiger partial charge in [0.1, 0.15) is 5.56 Å². The molecule has 1 N–H and O–H groups in total. The van der Waals surface area contributed by atoms with Crippen molar-refractivity contribution in [3.8, 4) is 0 Å². The van der Waals surface area contributed by atoms with E-state index in [0.717, 1.165) is 41.9 Å². The minimum Gasteiger partial charge on any atom is -0.347 e. The number of aryl methyl sites for hydroxylation is 3. The van der Waals surface area contributed by atoms with Gasteiger partial charge in [-0.2, -0.15) is 0 Å². The molecule has 30 heavy (non-hydrogen) atoms. The van der Waals surface area contributed by atoms with Crippen LogP contribution in [0.3, 0.4) is 0 Å². The lowest BCUT2D eigenvalue weighted by Crippen LogP contribution is -2.29. The highest BCUT2D eigenvalue weighted by Crippen LogP contribution is 2.22. The van der Waals surface area contributed by atoms with E-state index in [-0.39, 0.29) is 16.9 Å². The van der Waals surface area contributed by atoms with Gasteiger partial charge in [0.05, 0.1) is 4.47 Å². The van der Waals surface area contributed by atoms with Crippen LogP contribution in [-0.2, 0) is 13.0 Å². The monoisotopic (exact) mass is 466 g/mol. The third-order valence-electron chi connectivity index (χ3n) is 5.55. The zero-order valence-corrected chi connectivity index (χ0v) is 19.5. The number of halogens is 1. The van der Waals surface area contributed by atoms with Crippen molar-refractivity contribution in [2.24, 2.45) is 0 Å². The molecule has 156 valence electrons. The smallest absolute Gasteiger partial charge is 0.261 e. The number of rotatable bonds is 6. The molecule has 1 amide bonds. The highest BCUT2D eigenvalue weighted by atomic mass is 79.9. The molecule has 0 bridgehead atoms. The summed E-state index contributed by atoms with van der Waals surface area (Å²) in [5, 5.41) is 2.96. The lowest BCUT2D eigenvalue weighted by Gasteiger charge is -2.20. The molecule has 0 saturated heterocycles. The normalized spacial score (nSPS) is 10.8. The summed E-state index contributed by atoms with van der Waals surface area (Å²) in [5.41, 5.74) is 5.43. The molecule has 1 aromatic heterocycles. The van der Waals surface area contributed by atoms with Gasteiger partial charge in [-0.25, -0.2) is 0 Å². The van der Waals surface area contributed by atoms with Gasteiger partial charge in [-0.15, -0.1) is 0 Å². The van der Waals surface area contributed by atoms with E-state index in [4.69, 9.17) is 0 Å². The fourth-order valence-corrected chi connectivity index (χ4v) is 4.23. The Kier molecular flexibility index (Phi) is 6.93. The van der Waals surface area contributed by atoms with Crippen LogP contribution < -0.4 is 10.7 Å². The number of nitrogens with zero attached hydrogens (tertiary/aromatic N) is 1. The minimum atomic E-state index is -0.368. The zero-order valence-electron chi connectivity index (χ0n) is 17.9. The van der Waals surface area contributed by atoms with Crippen molar-refractivity contribution in [3.63, 3.8) is 0 Å². The molecule has 0 atom stereocenters. The van der Waals surface area contributed by atoms with Crippen molar-refractivity contribution in [1.29, 1.82) is 0 Å². The number of para-hydroxylation sites is 1. The summed E-state index contributed by atoms with van der Waals surface area (Å²) in [6, 6.07) is 16.2. The fourth-order valence-electron chi connectivity index (χ4n) is 3.82. The van der Waals surface area contributed by atoms with E-state index in [0.29, 0.717) is 10.2 Å². The van der Waals surface area contributed by atoms with Crippen molar-refractivity contribution in [2.45, 2.75) is 47.1 Å². The van der Waals surface area contributed by atoms with Gasteiger partial charge >= 0.3 is 0 Å². The van der Waals surface area contributed by atoms with Crippen molar-refractivity contribution in [2.75, 3.05) is 5.32 Å². The summed E-state index contributed by atoms with van der Waals surface area (Å²) >= 11 is 3.42. The maximum Gasteiger partial charge on any atom is 0.261 e. The van der Waals surface area contributed by atoms with E-state index >= 15 is 0 Å². The molecule has 0 spiro atoms. The molecule has 3 aromatic rings. The first-order valence-electron chi connectivity index (χ1n) is 10.1. The number of aromatic nitrogens is 1. The van der Waals surface area contributed by atoms with Crippen LogP contribution in [0.15, 0.2) is 57.8 Å². The summed E-state index contributed by atoms with van der Waals surface area (Å²) in [6.07, 6.45) is 1.85. The first kappa shape index (κ1) is 22.0. The third kappa shape index (κ3) is 4.57. The number of hydrogen-bond acceptors (Lipinski definition) is 2. The van der Waals surface area contributed by atoms with Crippen molar-refractivity contribution < 1.29 is 4.79 Å². The molecule has 4 nitrogen and oxygen atoms in total. The molecule has 0 radical (unpaired) electrons. The molecule has 0 fully saturated rings. The molecule has 0 aliphatic heterocycles. The Morgan fingerprint density at radius 2 is 1.57 bits per heavy atom. The maximum atomic E-state index is 13.1. The highest BCUT2D eigenvalue weighted by molar-refractivity contribution is 9.10. The molecular weight excluding hydrogens is 440 g/mol. The Morgan fingerprint density at radius 3 is 2.20 bits per heavy atom. The zero-order chi connectivity index (χ0) is 21.8. The van der Waals surface area contributed by atoms with Crippen molar-refractivity contribution in [1.82, 2.24) is 4.57 Å². The molecule has 5 heteroatoms. The van der Waals surface area contributed by atoms with Crippen LogP contribution in [0.4, 0.5) is 5.69 Å². The maximum absolute atomic E-state index is 13.1. The molecule has 3 rings (SSSR count). The Bertz CT molecular complexity index is 1110. The molecule has 0 aliphatic carbocycles. The van der Waals surface area contributed by atoms with E-state index < -0.39 is 0 Å². The number of anilines is 1. The van der Waals surface area contributed by atoms with Crippen LogP contribution in [0, 0.1) is 27.7 Å². The van der Waals surface area contributed by atoms with Crippen LogP contribution >= 0.6 is 15.9 Å². The molecule has 0 unspecified atom stereocenters. The minimum absolute atomic E-state index is 0.190. The summed E-state index contributed by atoms with van der Waals surface area (Å²) in [7, 11) is 0. The van der Waals surface area contributed by atoms with Gasteiger partial charge in [0.25, 0.3) is 5.91 Å². The highest BCUT2D eigenvalue weighted by Gasteiger charge is 2.22. The number of nitrogens with one attached hydrogen (secondary N) is 1. The number of benzene rings is 2. The van der Waals surface area contributed by atoms with Gasteiger partial charge < -0.3 is 9.88 Å². The Hall–Kier alpha value is -2.66. The Balaban J connectivity index is 1.91. The van der Waals surface area contributed by atoms with E-state index in [1.165, 1.54) is 5.56 Å². The average molecular weight is 467 g/mol. The van der Waals surface area contributed by atoms with Crippen LogP contribution in [0.25, 0.3) is 0 Å². The second-order valence-electron chi connectivity index (χ2n) is 7.65. The number of hydrogen-bond donors (Lipinski definition) is 1. The van der Waals surface area contributed by atoms with Gasteiger partial charge in [0.15, 0.2) is 0 Å². The third-order valence-corrected chi connectivity index (χ3v) is 6.49. The van der Waals surface area contributed by atoms with Gasteiger partial charge in [-0.3, -0.25) is 9.59 Å². The number of carbonyl (C=O) groups excluding carboxylic acids is 1. The van der Waals surface area contributed by atoms with E-state index in [9.17, 15) is 9.59 Å². The van der Waals surface area contributed by atoms with Crippen LogP contribution in [-0.4, -0.2) is 10.5 Å². The van der Waals surface area contributed by atoms with Crippen molar-refractivity contribution in [3.05, 3.63) is 96.9 Å². The predicted octanol–water partition coefficient (Wildman–Crippen LogP) is 5.73. The number of amides is 1. The largest absolute Gasteiger partial charge is 0.347 e. The van der Waals surface area contributed by atoms with Crippen LogP contribution in [0.5, 0.6) is 0 Å². The Labute approximate surface area is 186 Å². The lowest BCUT2D eigenvalue weighted by molar-refractivity contribution is 0.102. The quantitative estimate of drug-likeness (QED) is 0.504. The molecular formula is C25H27BrN2O2. The topological polar surface area (TPSA) is 51.1 Å². The molecule has 2 aromatic carbocycles. The summed E-state index contributed by atoms with van der Waals surface area (Å²) in [5.74, 6) is -0.368. The van der Waals surface area contributed by atoms with Crippen molar-refractivity contribution >= 4 is 27.5 Å². The standard InChI is InChI=1S/C25H27BrN2O2/c1-16-10-8-11-17(2)23(16)27-25(30)21-18(3)28(19(4)22(26)24(21)29)15-9-14-20-12-6-5-7-13-20/h5-8,10-13H,9,14-15H2,1-4H3,(H,27,30). The summed E-state index contributed by atoms with van der Waals surface area (Å²) in [6.45, 7) is 8.39. The average Bonchev–Trinajstić information content (AvgIpc) is 2.72. The SMILES string of the molecule is Cc1cccc(C)c1NC(=O)c1c(C)n(CCCc2ccccc2)c(C)c(Br)c1=O. The van der Waals surface area contributed by atoms with Gasteiger partial charge in [0, 0.05) is 23.6 Å². The fraction of sp³-hybridized carbons (Fsp3) is 0.280. The molecule has 0 saturated carbocycles. The van der Waals surface area contributed by atoms with Gasteiger partial charge in [-0.1, -0.05) is 48.5 Å². The molecule has 1 heterocycles. The van der Waals surface area contributed by atoms with E-state index in [1.807, 2.05) is 64.1 Å². The summed E-state index contributed by atoms with van der Waals surface area (Å²) < 4.78 is 2.51. The second kappa shape index (κ2) is 9.43. The lowest BCUT2D eigenvalue weighted by atomic mass is 10.1. The first-order chi connectivity index (χ1) is 14.3. The second-order valence-corrected chi connectivity index (χ2v) is 8.44. The summed E-state index contributed by atoms with van der Waals surface area (Å²) in [4.78, 5) is 26.1. The number of carbonyl (C=O) groups is 1. The van der Waals surface area contributed by atoms with Crippen LogP contribution in [0.1, 0.15) is 44.9 Å². The van der Waals surface area contributed by atoms with E-state index in [1.54, 1.807) is 0 Å². The number of pyridine rings is 1. The van der Waals surface area contributed by atoms with Crippen LogP contribution in [0.2, 0.25) is 0 Å². The van der Waals surface area contributed by atoms with E-state index in [2.05, 4.69) is 37.9 Å².